The van der Waals surface area contributed by atoms with Gasteiger partial charge in [-0.2, -0.15) is 0 Å². The van der Waals surface area contributed by atoms with Gasteiger partial charge in [0.25, 0.3) is 5.56 Å². The predicted octanol–water partition coefficient (Wildman–Crippen LogP) is 1.64. The van der Waals surface area contributed by atoms with E-state index < -0.39 is 35.9 Å². The van der Waals surface area contributed by atoms with Crippen LogP contribution >= 0.6 is 11.6 Å². The Morgan fingerprint density at radius 3 is 2.50 bits per heavy atom. The van der Waals surface area contributed by atoms with Crippen molar-refractivity contribution in [3.8, 4) is 5.75 Å². The second-order valence-electron chi connectivity index (χ2n) is 3.19. The number of aliphatic carboxylic acids is 1. The normalized spacial score (nSPS) is 11.3. The molecule has 0 aliphatic carbocycles. The van der Waals surface area contributed by atoms with Crippen molar-refractivity contribution >= 4 is 17.6 Å². The van der Waals surface area contributed by atoms with Gasteiger partial charge in [0.15, 0.2) is 0 Å². The Balaban J connectivity index is 3.29. The molecule has 0 bridgehead atoms. The summed E-state index contributed by atoms with van der Waals surface area (Å²) in [6, 6.07) is 0. The Morgan fingerprint density at radius 1 is 1.44 bits per heavy atom. The number of rotatable bonds is 4. The fourth-order valence-corrected chi connectivity index (χ4v) is 1.58. The van der Waals surface area contributed by atoms with Gasteiger partial charge in [-0.15, -0.1) is 24.8 Å². The summed E-state index contributed by atoms with van der Waals surface area (Å²) in [5.41, 5.74) is -1.47. The average molecular weight is 286 g/mol. The van der Waals surface area contributed by atoms with Crippen LogP contribution in [0.3, 0.4) is 0 Å². The van der Waals surface area contributed by atoms with Gasteiger partial charge in [0, 0.05) is 17.3 Å². The van der Waals surface area contributed by atoms with E-state index in [9.17, 15) is 22.8 Å². The fraction of sp³-hybridized carbons (Fsp3) is 0.333. The summed E-state index contributed by atoms with van der Waals surface area (Å²) >= 11 is 5.43. The topological polar surface area (TPSA) is 79.4 Å². The van der Waals surface area contributed by atoms with Crippen LogP contribution in [-0.2, 0) is 17.1 Å². The summed E-state index contributed by atoms with van der Waals surface area (Å²) < 4.78 is 39.9. The molecule has 0 unspecified atom stereocenters. The number of ether oxygens (including phenoxy) is 1. The number of aromatic nitrogens is 1. The second-order valence-corrected chi connectivity index (χ2v) is 3.46. The summed E-state index contributed by atoms with van der Waals surface area (Å²) in [6.45, 7) is 0. The zero-order chi connectivity index (χ0) is 13.9. The number of hydrogen-bond acceptors (Lipinski definition) is 3. The molecule has 0 saturated carbocycles. The maximum Gasteiger partial charge on any atom is 0.573 e. The number of pyridine rings is 1. The molecule has 0 atom stereocenters. The minimum atomic E-state index is -4.96. The van der Waals surface area contributed by atoms with Crippen molar-refractivity contribution in [3.63, 3.8) is 0 Å². The van der Waals surface area contributed by atoms with Crippen molar-refractivity contribution in [2.45, 2.75) is 18.7 Å². The molecule has 1 heterocycles. The first-order valence-corrected chi connectivity index (χ1v) is 5.05. The third-order valence-electron chi connectivity index (χ3n) is 1.96. The van der Waals surface area contributed by atoms with Crippen molar-refractivity contribution in [1.82, 2.24) is 4.98 Å². The third kappa shape index (κ3) is 3.66. The third-order valence-corrected chi connectivity index (χ3v) is 2.22. The second kappa shape index (κ2) is 5.30. The number of carboxylic acid groups (broad SMARTS) is 1. The Labute approximate surface area is 103 Å². The predicted molar refractivity (Wildman–Crippen MR) is 54.6 cm³/mol. The Morgan fingerprint density at radius 2 is 2.06 bits per heavy atom. The van der Waals surface area contributed by atoms with E-state index in [0.717, 1.165) is 0 Å². The zero-order valence-electron chi connectivity index (χ0n) is 8.68. The van der Waals surface area contributed by atoms with Crippen LogP contribution in [0.1, 0.15) is 11.1 Å². The highest BCUT2D eigenvalue weighted by atomic mass is 35.5. The first-order chi connectivity index (χ1) is 8.24. The quantitative estimate of drug-likeness (QED) is 0.824. The molecule has 0 aliphatic rings. The van der Waals surface area contributed by atoms with Crippen LogP contribution < -0.4 is 10.3 Å². The van der Waals surface area contributed by atoms with Gasteiger partial charge >= 0.3 is 12.3 Å². The molecule has 0 fully saturated rings. The molecule has 1 aromatic heterocycles. The lowest BCUT2D eigenvalue weighted by Gasteiger charge is -2.13. The van der Waals surface area contributed by atoms with Crippen LogP contribution in [0.4, 0.5) is 13.2 Å². The van der Waals surface area contributed by atoms with E-state index in [4.69, 9.17) is 16.7 Å². The SMILES string of the molecule is O=C(O)Cc1c(CCl)c(OC(F)(F)F)c[nH]c1=O. The van der Waals surface area contributed by atoms with Gasteiger partial charge in [0.05, 0.1) is 12.3 Å². The number of carbonyl (C=O) groups is 1. The fourth-order valence-electron chi connectivity index (χ4n) is 1.29. The molecule has 100 valence electrons. The van der Waals surface area contributed by atoms with Crippen LogP contribution in [0.5, 0.6) is 5.75 Å². The van der Waals surface area contributed by atoms with Crippen LogP contribution in [0.2, 0.25) is 0 Å². The molecule has 0 radical (unpaired) electrons. The van der Waals surface area contributed by atoms with Crippen molar-refractivity contribution in [1.29, 1.82) is 0 Å². The Hall–Kier alpha value is -1.70. The highest BCUT2D eigenvalue weighted by Crippen LogP contribution is 2.27. The monoisotopic (exact) mass is 285 g/mol. The molecular formula is C9H7ClF3NO4. The van der Waals surface area contributed by atoms with Crippen molar-refractivity contribution in [3.05, 3.63) is 27.7 Å². The van der Waals surface area contributed by atoms with Crippen molar-refractivity contribution in [2.75, 3.05) is 0 Å². The summed E-state index contributed by atoms with van der Waals surface area (Å²) in [7, 11) is 0. The highest BCUT2D eigenvalue weighted by molar-refractivity contribution is 6.17. The summed E-state index contributed by atoms with van der Waals surface area (Å²) in [5.74, 6) is -2.55. The van der Waals surface area contributed by atoms with E-state index in [1.165, 1.54) is 0 Å². The minimum absolute atomic E-state index is 0.292. The lowest BCUT2D eigenvalue weighted by Crippen LogP contribution is -2.23. The molecule has 0 aliphatic heterocycles. The lowest BCUT2D eigenvalue weighted by atomic mass is 10.1. The van der Waals surface area contributed by atoms with Crippen LogP contribution in [-0.4, -0.2) is 22.4 Å². The molecule has 0 aromatic carbocycles. The standard InChI is InChI=1S/C9H7ClF3NO4/c10-2-5-4(1-7(15)16)8(17)14-3-6(5)18-9(11,12)13/h3H,1-2H2,(H,14,17)(H,15,16). The van der Waals surface area contributed by atoms with Gasteiger partial charge in [0.1, 0.15) is 5.75 Å². The molecule has 5 nitrogen and oxygen atoms in total. The average Bonchev–Trinajstić information content (AvgIpc) is 2.20. The van der Waals surface area contributed by atoms with E-state index in [0.29, 0.717) is 6.20 Å². The maximum absolute atomic E-state index is 12.1. The number of carboxylic acids is 1. The van der Waals surface area contributed by atoms with E-state index in [-0.39, 0.29) is 11.1 Å². The smallest absolute Gasteiger partial charge is 0.481 e. The molecule has 1 rings (SSSR count). The number of nitrogens with one attached hydrogen (secondary N) is 1. The molecule has 9 heteroatoms. The van der Waals surface area contributed by atoms with Gasteiger partial charge in [0.2, 0.25) is 0 Å². The molecule has 0 amide bonds. The molecule has 0 spiro atoms. The number of aromatic amines is 1. The molecule has 1 aromatic rings. The highest BCUT2D eigenvalue weighted by Gasteiger charge is 2.33. The van der Waals surface area contributed by atoms with Crippen molar-refractivity contribution < 1.29 is 27.8 Å². The van der Waals surface area contributed by atoms with Gasteiger partial charge in [-0.25, -0.2) is 0 Å². The van der Waals surface area contributed by atoms with Gasteiger partial charge < -0.3 is 14.8 Å². The van der Waals surface area contributed by atoms with Gasteiger partial charge in [-0.3, -0.25) is 9.59 Å². The Bertz CT molecular complexity index is 512. The van der Waals surface area contributed by atoms with Crippen LogP contribution in [0, 0.1) is 0 Å². The molecule has 18 heavy (non-hydrogen) atoms. The minimum Gasteiger partial charge on any atom is -0.481 e. The summed E-state index contributed by atoms with van der Waals surface area (Å²) in [4.78, 5) is 23.8. The molecular weight excluding hydrogens is 279 g/mol. The first kappa shape index (κ1) is 14.4. The van der Waals surface area contributed by atoms with Crippen LogP contribution in [0.15, 0.2) is 11.0 Å². The van der Waals surface area contributed by atoms with E-state index in [1.807, 2.05) is 4.98 Å². The summed E-state index contributed by atoms with van der Waals surface area (Å²) in [5, 5.41) is 8.58. The van der Waals surface area contributed by atoms with E-state index >= 15 is 0 Å². The Kier molecular flexibility index (Phi) is 4.23. The number of alkyl halides is 4. The van der Waals surface area contributed by atoms with Crippen molar-refractivity contribution in [2.24, 2.45) is 0 Å². The van der Waals surface area contributed by atoms with E-state index in [2.05, 4.69) is 4.74 Å². The maximum atomic E-state index is 12.1. The number of halogens is 4. The largest absolute Gasteiger partial charge is 0.573 e. The van der Waals surface area contributed by atoms with Gasteiger partial charge in [-0.1, -0.05) is 0 Å². The summed E-state index contributed by atoms with van der Waals surface area (Å²) in [6.07, 6.45) is -5.01. The van der Waals surface area contributed by atoms with Gasteiger partial charge in [-0.05, 0) is 0 Å². The lowest BCUT2D eigenvalue weighted by molar-refractivity contribution is -0.275. The molecule has 0 saturated heterocycles. The zero-order valence-corrected chi connectivity index (χ0v) is 9.43. The number of hydrogen-bond donors (Lipinski definition) is 2. The number of H-pyrrole nitrogens is 1. The molecule has 2 N–H and O–H groups in total. The van der Waals surface area contributed by atoms with E-state index in [1.54, 1.807) is 0 Å². The first-order valence-electron chi connectivity index (χ1n) is 4.51. The van der Waals surface area contributed by atoms with Crippen LogP contribution in [0.25, 0.3) is 0 Å².